The summed E-state index contributed by atoms with van der Waals surface area (Å²) in [6, 6.07) is 57.7. The van der Waals surface area contributed by atoms with Crippen LogP contribution in [0.15, 0.2) is 187 Å². The third-order valence-electron chi connectivity index (χ3n) is 11.8. The average Bonchev–Trinajstić information content (AvgIpc) is 4.03. The van der Waals surface area contributed by atoms with E-state index in [9.17, 15) is 0 Å². The van der Waals surface area contributed by atoms with Gasteiger partial charge in [0, 0.05) is 51.2 Å². The van der Waals surface area contributed by atoms with Gasteiger partial charge in [-0.3, -0.25) is 15.0 Å². The molecule has 0 N–H and O–H groups in total. The monoisotopic (exact) mass is 742 g/mol. The molecular formula is C51H30N6O. The van der Waals surface area contributed by atoms with E-state index in [1.807, 2.05) is 36.8 Å². The molecule has 0 spiro atoms. The van der Waals surface area contributed by atoms with Crippen molar-refractivity contribution in [1.29, 1.82) is 0 Å². The molecule has 0 aliphatic heterocycles. The predicted octanol–water partition coefficient (Wildman–Crippen LogP) is 12.7. The van der Waals surface area contributed by atoms with E-state index in [2.05, 4.69) is 159 Å². The van der Waals surface area contributed by atoms with Crippen LogP contribution >= 0.6 is 0 Å². The second-order valence-electron chi connectivity index (χ2n) is 14.8. The second kappa shape index (κ2) is 11.7. The van der Waals surface area contributed by atoms with Crippen LogP contribution in [0.2, 0.25) is 0 Å². The van der Waals surface area contributed by atoms with Crippen LogP contribution in [0.3, 0.4) is 0 Å². The van der Waals surface area contributed by atoms with Crippen molar-refractivity contribution in [2.75, 3.05) is 0 Å². The van der Waals surface area contributed by atoms with Gasteiger partial charge in [-0.05, 0) is 102 Å². The zero-order valence-electron chi connectivity index (χ0n) is 30.9. The molecular weight excluding hydrogens is 713 g/mol. The van der Waals surface area contributed by atoms with E-state index in [0.29, 0.717) is 0 Å². The van der Waals surface area contributed by atoms with Crippen LogP contribution in [0.1, 0.15) is 0 Å². The van der Waals surface area contributed by atoms with Crippen LogP contribution in [-0.4, -0.2) is 28.7 Å². The molecule has 0 saturated heterocycles. The Morgan fingerprint density at radius 2 is 0.845 bits per heavy atom. The largest absolute Gasteiger partial charge is 0.452 e. The van der Waals surface area contributed by atoms with Gasteiger partial charge in [0.15, 0.2) is 11.2 Å². The summed E-state index contributed by atoms with van der Waals surface area (Å²) < 4.78 is 14.1. The molecule has 0 aliphatic rings. The highest BCUT2D eigenvalue weighted by Crippen LogP contribution is 2.44. The first-order valence-electron chi connectivity index (χ1n) is 19.4. The van der Waals surface area contributed by atoms with Gasteiger partial charge in [0.25, 0.3) is 0 Å². The molecule has 13 rings (SSSR count). The fourth-order valence-corrected chi connectivity index (χ4v) is 9.33. The highest BCUT2D eigenvalue weighted by atomic mass is 16.3. The van der Waals surface area contributed by atoms with Gasteiger partial charge in [0.2, 0.25) is 0 Å². The normalized spacial score (nSPS) is 12.1. The van der Waals surface area contributed by atoms with Gasteiger partial charge in [0.05, 0.1) is 61.0 Å². The SMILES string of the molecule is c1ccc(-n2c3ccc(-c4cc(-n5c6ccccc6c6ncccc65)c5oc6c(-n7c8ccccc8c8ncccc87)cccc6c5c4)cc3c3ncccc32)cc1. The smallest absolute Gasteiger partial charge is 0.159 e. The molecule has 7 heteroatoms. The Hall–Kier alpha value is -8.03. The van der Waals surface area contributed by atoms with E-state index in [4.69, 9.17) is 19.4 Å². The summed E-state index contributed by atoms with van der Waals surface area (Å²) in [6.07, 6.45) is 5.61. The van der Waals surface area contributed by atoms with Crippen LogP contribution in [0.4, 0.5) is 0 Å². The molecule has 0 fully saturated rings. The number of nitrogens with zero attached hydrogens (tertiary/aromatic N) is 6. The lowest BCUT2D eigenvalue weighted by Gasteiger charge is -2.12. The summed E-state index contributed by atoms with van der Waals surface area (Å²) >= 11 is 0. The number of pyridine rings is 3. The Morgan fingerprint density at radius 3 is 1.53 bits per heavy atom. The van der Waals surface area contributed by atoms with E-state index in [-0.39, 0.29) is 0 Å². The third-order valence-corrected chi connectivity index (χ3v) is 11.8. The van der Waals surface area contributed by atoms with Gasteiger partial charge in [-0.1, -0.05) is 72.8 Å². The first kappa shape index (κ1) is 31.2. The molecule has 58 heavy (non-hydrogen) atoms. The maximum atomic E-state index is 7.23. The van der Waals surface area contributed by atoms with Gasteiger partial charge < -0.3 is 18.1 Å². The minimum Gasteiger partial charge on any atom is -0.452 e. The zero-order chi connectivity index (χ0) is 37.9. The number of furan rings is 1. The number of hydrogen-bond acceptors (Lipinski definition) is 4. The summed E-state index contributed by atoms with van der Waals surface area (Å²) in [6.45, 7) is 0. The Kier molecular flexibility index (Phi) is 6.32. The maximum absolute atomic E-state index is 7.23. The summed E-state index contributed by atoms with van der Waals surface area (Å²) in [5.41, 5.74) is 16.0. The lowest BCUT2D eigenvalue weighted by atomic mass is 9.99. The summed E-state index contributed by atoms with van der Waals surface area (Å²) in [7, 11) is 0. The number of fused-ring (bicyclic) bond motifs is 12. The topological polar surface area (TPSA) is 66.6 Å². The summed E-state index contributed by atoms with van der Waals surface area (Å²) in [5, 5.41) is 5.35. The van der Waals surface area contributed by atoms with E-state index in [0.717, 1.165) is 116 Å². The highest BCUT2D eigenvalue weighted by molar-refractivity contribution is 6.16. The molecule has 0 radical (unpaired) electrons. The first-order chi connectivity index (χ1) is 28.8. The molecule has 270 valence electrons. The van der Waals surface area contributed by atoms with Gasteiger partial charge in [-0.15, -0.1) is 0 Å². The van der Waals surface area contributed by atoms with Crippen molar-refractivity contribution in [1.82, 2.24) is 28.7 Å². The molecule has 0 amide bonds. The van der Waals surface area contributed by atoms with Crippen molar-refractivity contribution in [3.05, 3.63) is 182 Å². The Morgan fingerprint density at radius 1 is 0.328 bits per heavy atom. The number of rotatable bonds is 4. The summed E-state index contributed by atoms with van der Waals surface area (Å²) in [4.78, 5) is 14.6. The molecule has 0 bridgehead atoms. The molecule has 0 saturated carbocycles. The van der Waals surface area contributed by atoms with Gasteiger partial charge in [0.1, 0.15) is 0 Å². The van der Waals surface area contributed by atoms with Crippen molar-refractivity contribution >= 4 is 87.7 Å². The Bertz CT molecular complexity index is 3700. The number of hydrogen-bond donors (Lipinski definition) is 0. The third kappa shape index (κ3) is 4.24. The van der Waals surface area contributed by atoms with Crippen molar-refractivity contribution < 1.29 is 4.42 Å². The van der Waals surface area contributed by atoms with Crippen molar-refractivity contribution in [2.45, 2.75) is 0 Å². The Labute approximate surface area is 330 Å². The average molecular weight is 743 g/mol. The molecule has 7 aromatic heterocycles. The number of benzene rings is 6. The predicted molar refractivity (Wildman–Crippen MR) is 236 cm³/mol. The molecule has 13 aromatic rings. The van der Waals surface area contributed by atoms with E-state index < -0.39 is 0 Å². The fourth-order valence-electron chi connectivity index (χ4n) is 9.33. The van der Waals surface area contributed by atoms with Crippen molar-refractivity contribution in [3.63, 3.8) is 0 Å². The van der Waals surface area contributed by atoms with Crippen molar-refractivity contribution in [2.24, 2.45) is 0 Å². The van der Waals surface area contributed by atoms with Crippen molar-refractivity contribution in [3.8, 4) is 28.2 Å². The van der Waals surface area contributed by atoms with E-state index in [1.165, 1.54) is 0 Å². The van der Waals surface area contributed by atoms with Gasteiger partial charge in [-0.2, -0.15) is 0 Å². The molecule has 6 aromatic carbocycles. The molecule has 7 heterocycles. The van der Waals surface area contributed by atoms with Crippen LogP contribution in [0.25, 0.3) is 116 Å². The molecule has 0 unspecified atom stereocenters. The van der Waals surface area contributed by atoms with Crippen LogP contribution in [0, 0.1) is 0 Å². The second-order valence-corrected chi connectivity index (χ2v) is 14.8. The van der Waals surface area contributed by atoms with E-state index in [1.54, 1.807) is 0 Å². The quantitative estimate of drug-likeness (QED) is 0.180. The number of aromatic nitrogens is 6. The summed E-state index contributed by atoms with van der Waals surface area (Å²) in [5.74, 6) is 0. The van der Waals surface area contributed by atoms with E-state index >= 15 is 0 Å². The molecule has 7 nitrogen and oxygen atoms in total. The first-order valence-corrected chi connectivity index (χ1v) is 19.4. The lowest BCUT2D eigenvalue weighted by Crippen LogP contribution is -1.96. The maximum Gasteiger partial charge on any atom is 0.159 e. The Balaban J connectivity index is 1.14. The fraction of sp³-hybridized carbons (Fsp3) is 0. The minimum absolute atomic E-state index is 0.806. The van der Waals surface area contributed by atoms with Crippen LogP contribution in [-0.2, 0) is 0 Å². The lowest BCUT2D eigenvalue weighted by molar-refractivity contribution is 0.664. The highest BCUT2D eigenvalue weighted by Gasteiger charge is 2.23. The number of para-hydroxylation sites is 4. The molecule has 0 atom stereocenters. The minimum atomic E-state index is 0.806. The van der Waals surface area contributed by atoms with Crippen LogP contribution < -0.4 is 0 Å². The van der Waals surface area contributed by atoms with Gasteiger partial charge in [-0.25, -0.2) is 0 Å². The molecule has 0 aliphatic carbocycles. The standard InChI is InChI=1S/C51H30N6O/c1-2-12-33(13-3-1)55-41-24-23-31(28-38(41)49-42(55)20-9-27-54-49)32-29-37-34-16-8-19-45(56-39-17-6-4-14-35(39)47-43(56)21-10-25-52-47)50(34)58-51(37)46(30-32)57-40-18-7-5-15-36(40)48-44(57)22-11-26-53-48/h1-30H. The van der Waals surface area contributed by atoms with Gasteiger partial charge >= 0.3 is 0 Å². The zero-order valence-corrected chi connectivity index (χ0v) is 30.9. The van der Waals surface area contributed by atoms with Crippen LogP contribution in [0.5, 0.6) is 0 Å².